The van der Waals surface area contributed by atoms with Crippen molar-refractivity contribution in [2.75, 3.05) is 26.2 Å². The fourth-order valence-electron chi connectivity index (χ4n) is 3.85. The van der Waals surface area contributed by atoms with E-state index in [1.165, 1.54) is 0 Å². The van der Waals surface area contributed by atoms with Crippen molar-refractivity contribution < 1.29 is 9.59 Å². The quantitative estimate of drug-likeness (QED) is 0.750. The summed E-state index contributed by atoms with van der Waals surface area (Å²) in [7, 11) is 0. The maximum Gasteiger partial charge on any atom is 0.254 e. The number of para-hydroxylation sites is 1. The first-order valence-electron chi connectivity index (χ1n) is 9.84. The van der Waals surface area contributed by atoms with Gasteiger partial charge in [-0.25, -0.2) is 0 Å². The van der Waals surface area contributed by atoms with E-state index in [0.29, 0.717) is 37.7 Å². The van der Waals surface area contributed by atoms with E-state index >= 15 is 0 Å². The Bertz CT molecular complexity index is 873. The van der Waals surface area contributed by atoms with E-state index in [1.54, 1.807) is 0 Å². The number of pyridine rings is 1. The van der Waals surface area contributed by atoms with E-state index in [-0.39, 0.29) is 42.5 Å². The molecule has 2 aromatic rings. The lowest BCUT2D eigenvalue weighted by atomic mass is 9.95. The first-order valence-corrected chi connectivity index (χ1v) is 9.84. The van der Waals surface area contributed by atoms with E-state index in [0.717, 1.165) is 42.3 Å². The van der Waals surface area contributed by atoms with Gasteiger partial charge in [-0.1, -0.05) is 18.2 Å². The minimum atomic E-state index is -0.162. The van der Waals surface area contributed by atoms with Crippen LogP contribution in [0.15, 0.2) is 30.3 Å². The molecule has 1 unspecified atom stereocenters. The van der Waals surface area contributed by atoms with Crippen LogP contribution in [-0.4, -0.2) is 47.9 Å². The van der Waals surface area contributed by atoms with E-state index in [2.05, 4.69) is 5.32 Å². The smallest absolute Gasteiger partial charge is 0.254 e. The topological polar surface area (TPSA) is 88.3 Å². The van der Waals surface area contributed by atoms with Crippen molar-refractivity contribution >= 4 is 47.5 Å². The van der Waals surface area contributed by atoms with Crippen molar-refractivity contribution in [1.29, 1.82) is 0 Å². The van der Waals surface area contributed by atoms with Gasteiger partial charge in [-0.15, -0.1) is 24.8 Å². The monoisotopic (exact) mass is 438 g/mol. The number of benzene rings is 1. The second-order valence-electron chi connectivity index (χ2n) is 7.56. The van der Waals surface area contributed by atoms with Gasteiger partial charge in [0.2, 0.25) is 5.91 Å². The fraction of sp³-hybridized carbons (Fsp3) is 0.476. The van der Waals surface area contributed by atoms with Crippen LogP contribution >= 0.6 is 24.8 Å². The average Bonchev–Trinajstić information content (AvgIpc) is 3.56. The first kappa shape index (κ1) is 23.4. The summed E-state index contributed by atoms with van der Waals surface area (Å²) < 4.78 is 0. The Kier molecular flexibility index (Phi) is 8.25. The maximum atomic E-state index is 13.3. The van der Waals surface area contributed by atoms with Crippen LogP contribution in [0.1, 0.15) is 47.7 Å². The molecular formula is C21H28Cl2N4O2. The Morgan fingerprint density at radius 1 is 1.17 bits per heavy atom. The van der Waals surface area contributed by atoms with Crippen molar-refractivity contribution in [2.45, 2.75) is 31.6 Å². The van der Waals surface area contributed by atoms with Crippen molar-refractivity contribution in [2.24, 2.45) is 11.7 Å². The van der Waals surface area contributed by atoms with Crippen molar-refractivity contribution in [3.8, 4) is 0 Å². The number of nitrogens with zero attached hydrogens (tertiary/aromatic N) is 2. The van der Waals surface area contributed by atoms with Crippen LogP contribution < -0.4 is 11.1 Å². The highest BCUT2D eigenvalue weighted by Crippen LogP contribution is 2.40. The number of piperidine rings is 1. The largest absolute Gasteiger partial charge is 0.355 e. The van der Waals surface area contributed by atoms with Gasteiger partial charge in [0.05, 0.1) is 17.0 Å². The lowest BCUT2D eigenvalue weighted by molar-refractivity contribution is -0.126. The van der Waals surface area contributed by atoms with Gasteiger partial charge in [0.25, 0.3) is 5.91 Å². The van der Waals surface area contributed by atoms with Gasteiger partial charge in [-0.3, -0.25) is 14.6 Å². The number of rotatable bonds is 5. The van der Waals surface area contributed by atoms with Gasteiger partial charge in [-0.2, -0.15) is 0 Å². The molecule has 1 aliphatic carbocycles. The number of carbonyl (C=O) groups excluding carboxylic acids is 2. The van der Waals surface area contributed by atoms with Crippen LogP contribution in [0, 0.1) is 5.92 Å². The van der Waals surface area contributed by atoms with E-state index in [9.17, 15) is 9.59 Å². The molecule has 3 N–H and O–H groups in total. The van der Waals surface area contributed by atoms with Crippen LogP contribution in [-0.2, 0) is 4.79 Å². The normalized spacial score (nSPS) is 18.5. The number of fused-ring (bicyclic) bond motifs is 1. The molecule has 1 atom stereocenters. The third-order valence-corrected chi connectivity index (χ3v) is 5.48. The Morgan fingerprint density at radius 3 is 2.66 bits per heavy atom. The van der Waals surface area contributed by atoms with Crippen LogP contribution in [0.5, 0.6) is 0 Å². The molecule has 1 saturated carbocycles. The van der Waals surface area contributed by atoms with E-state index in [4.69, 9.17) is 10.7 Å². The number of likely N-dealkylation sites (tertiary alicyclic amines) is 1. The molecule has 1 aromatic heterocycles. The number of amides is 2. The molecule has 2 heterocycles. The molecule has 1 aliphatic heterocycles. The Balaban J connectivity index is 0.00000150. The predicted molar refractivity (Wildman–Crippen MR) is 119 cm³/mol. The molecular weight excluding hydrogens is 411 g/mol. The summed E-state index contributed by atoms with van der Waals surface area (Å²) in [6, 6.07) is 9.80. The molecule has 1 saturated heterocycles. The highest BCUT2D eigenvalue weighted by molar-refractivity contribution is 6.06. The van der Waals surface area contributed by atoms with Crippen molar-refractivity contribution in [3.63, 3.8) is 0 Å². The maximum absolute atomic E-state index is 13.3. The Hall–Kier alpha value is -1.89. The highest BCUT2D eigenvalue weighted by Gasteiger charge is 2.31. The van der Waals surface area contributed by atoms with Crippen LogP contribution in [0.25, 0.3) is 10.9 Å². The number of nitrogens with two attached hydrogens (primary N) is 1. The van der Waals surface area contributed by atoms with Gasteiger partial charge in [0.1, 0.15) is 0 Å². The third kappa shape index (κ3) is 5.18. The Morgan fingerprint density at radius 2 is 1.93 bits per heavy atom. The molecule has 0 spiro atoms. The summed E-state index contributed by atoms with van der Waals surface area (Å²) in [5, 5.41) is 3.74. The molecule has 2 aliphatic rings. The summed E-state index contributed by atoms with van der Waals surface area (Å²) in [6.45, 7) is 2.05. The summed E-state index contributed by atoms with van der Waals surface area (Å²) in [4.78, 5) is 32.2. The predicted octanol–water partition coefficient (Wildman–Crippen LogP) is 2.88. The molecule has 0 bridgehead atoms. The number of nitrogens with one attached hydrogen (secondary N) is 1. The molecule has 2 amide bonds. The van der Waals surface area contributed by atoms with Crippen molar-refractivity contribution in [1.82, 2.24) is 15.2 Å². The number of halogens is 2. The lowest BCUT2D eigenvalue weighted by Crippen LogP contribution is -2.46. The lowest BCUT2D eigenvalue weighted by Gasteiger charge is -2.32. The third-order valence-electron chi connectivity index (χ3n) is 5.48. The van der Waals surface area contributed by atoms with Crippen LogP contribution in [0.2, 0.25) is 0 Å². The number of carbonyl (C=O) groups is 2. The zero-order valence-electron chi connectivity index (χ0n) is 16.3. The van der Waals surface area contributed by atoms with Crippen molar-refractivity contribution in [3.05, 3.63) is 41.6 Å². The molecule has 2 fully saturated rings. The molecule has 0 radical (unpaired) electrons. The van der Waals surface area contributed by atoms with Gasteiger partial charge < -0.3 is 16.0 Å². The fourth-order valence-corrected chi connectivity index (χ4v) is 3.85. The summed E-state index contributed by atoms with van der Waals surface area (Å²) in [6.07, 6.45) is 3.94. The molecule has 29 heavy (non-hydrogen) atoms. The highest BCUT2D eigenvalue weighted by atomic mass is 35.5. The minimum absolute atomic E-state index is 0. The number of aromatic nitrogens is 1. The second-order valence-corrected chi connectivity index (χ2v) is 7.56. The SMILES string of the molecule is Cl.Cl.NCCNC(=O)C1CCCN(C(=O)c2cc(C3CC3)nc3ccccc23)C1. The minimum Gasteiger partial charge on any atom is -0.355 e. The molecule has 1 aromatic carbocycles. The Labute approximate surface area is 183 Å². The van der Waals surface area contributed by atoms with Gasteiger partial charge >= 0.3 is 0 Å². The zero-order valence-corrected chi connectivity index (χ0v) is 17.9. The standard InChI is InChI=1S/C21H26N4O2.2ClH/c22-9-10-23-20(26)15-4-3-11-25(13-15)21(27)17-12-19(14-7-8-14)24-18-6-2-1-5-16(17)18;;/h1-2,5-6,12,14-15H,3-4,7-11,13,22H2,(H,23,26);2*1H. The molecule has 6 nitrogen and oxygen atoms in total. The van der Waals surface area contributed by atoms with Gasteiger partial charge in [0, 0.05) is 43.2 Å². The van der Waals surface area contributed by atoms with Crippen LogP contribution in [0.3, 0.4) is 0 Å². The number of hydrogen-bond donors (Lipinski definition) is 2. The van der Waals surface area contributed by atoms with E-state index in [1.807, 2.05) is 35.2 Å². The average molecular weight is 439 g/mol. The summed E-state index contributed by atoms with van der Waals surface area (Å²) in [5.74, 6) is 0.325. The summed E-state index contributed by atoms with van der Waals surface area (Å²) in [5.41, 5.74) is 8.08. The molecule has 158 valence electrons. The molecule has 4 rings (SSSR count). The first-order chi connectivity index (χ1) is 13.2. The van der Waals surface area contributed by atoms with Crippen LogP contribution in [0.4, 0.5) is 0 Å². The van der Waals surface area contributed by atoms with Gasteiger partial charge in [-0.05, 0) is 37.8 Å². The summed E-state index contributed by atoms with van der Waals surface area (Å²) >= 11 is 0. The van der Waals surface area contributed by atoms with Gasteiger partial charge in [0.15, 0.2) is 0 Å². The molecule has 8 heteroatoms. The number of hydrogen-bond acceptors (Lipinski definition) is 4. The van der Waals surface area contributed by atoms with E-state index < -0.39 is 0 Å². The second kappa shape index (κ2) is 10.2. The zero-order chi connectivity index (χ0) is 18.8.